The number of aliphatic hydroxyl groups excluding tert-OH is 4. The molecule has 4 N–H and O–H groups in total. The minimum absolute atomic E-state index is 0.140. The second-order valence-electron chi connectivity index (χ2n) is 13.8. The Labute approximate surface area is 287 Å². The second kappa shape index (κ2) is 19.0. The lowest BCUT2D eigenvalue weighted by Gasteiger charge is -2.35. The van der Waals surface area contributed by atoms with Crippen molar-refractivity contribution in [3.63, 3.8) is 0 Å². The normalized spacial score (nSPS) is 24.2. The van der Waals surface area contributed by atoms with E-state index in [9.17, 15) is 20.4 Å². The lowest BCUT2D eigenvalue weighted by atomic mass is 9.84. The molecule has 0 heterocycles. The number of rotatable bonds is 12. The number of benzene rings is 4. The molecule has 6 atom stereocenters. The van der Waals surface area contributed by atoms with Crippen LogP contribution in [0.2, 0.25) is 0 Å². The highest BCUT2D eigenvalue weighted by molar-refractivity contribution is 5.18. The number of hydrogen-bond donors (Lipinski definition) is 4. The molecule has 6 nitrogen and oxygen atoms in total. The zero-order valence-electron chi connectivity index (χ0n) is 28.2. The lowest BCUT2D eigenvalue weighted by molar-refractivity contribution is -0.0542. The van der Waals surface area contributed by atoms with Gasteiger partial charge < -0.3 is 20.4 Å². The van der Waals surface area contributed by atoms with Crippen molar-refractivity contribution >= 4 is 0 Å². The van der Waals surface area contributed by atoms with Gasteiger partial charge in [-0.2, -0.15) is 0 Å². The maximum atomic E-state index is 10.3. The van der Waals surface area contributed by atoms with E-state index in [2.05, 4.69) is 107 Å². The van der Waals surface area contributed by atoms with E-state index in [4.69, 9.17) is 0 Å². The average Bonchev–Trinajstić information content (AvgIpc) is 3.11. The summed E-state index contributed by atoms with van der Waals surface area (Å²) in [5.41, 5.74) is 5.11. The predicted molar refractivity (Wildman–Crippen MR) is 193 cm³/mol. The average molecular weight is 651 g/mol. The standard InChI is InChI=1S/2C21H27NO2/c2*23-20-13-7-12-19(21(20)24)16-22(14-17-8-3-1-4-9-17)15-18-10-5-2-6-11-18/h2*1-6,8-11,19-21,23-24H,7,12-16H2/t2*19-,20+,21-/m10/s1. The van der Waals surface area contributed by atoms with E-state index in [0.29, 0.717) is 0 Å². The summed E-state index contributed by atoms with van der Waals surface area (Å²) in [6.45, 7) is 5.04. The summed E-state index contributed by atoms with van der Waals surface area (Å²) in [6.07, 6.45) is 3.04. The van der Waals surface area contributed by atoms with E-state index in [1.54, 1.807) is 0 Å². The van der Waals surface area contributed by atoms with Gasteiger partial charge in [-0.3, -0.25) is 9.80 Å². The van der Waals surface area contributed by atoms with Gasteiger partial charge in [0, 0.05) is 51.1 Å². The maximum Gasteiger partial charge on any atom is 0.0839 e. The Bertz CT molecular complexity index is 1230. The zero-order chi connectivity index (χ0) is 33.6. The highest BCUT2D eigenvalue weighted by atomic mass is 16.3. The first kappa shape index (κ1) is 35.9. The summed E-state index contributed by atoms with van der Waals surface area (Å²) in [7, 11) is 0. The van der Waals surface area contributed by atoms with E-state index in [1.807, 2.05) is 24.3 Å². The van der Waals surface area contributed by atoms with Crippen molar-refractivity contribution in [1.82, 2.24) is 9.80 Å². The van der Waals surface area contributed by atoms with Crippen LogP contribution in [0.15, 0.2) is 121 Å². The van der Waals surface area contributed by atoms with E-state index in [1.165, 1.54) is 22.3 Å². The van der Waals surface area contributed by atoms with Crippen LogP contribution < -0.4 is 0 Å². The molecule has 256 valence electrons. The van der Waals surface area contributed by atoms with Crippen LogP contribution in [0.1, 0.15) is 60.8 Å². The predicted octanol–water partition coefficient (Wildman–Crippen LogP) is 6.42. The molecule has 6 heteroatoms. The number of nitrogens with zero attached hydrogens (tertiary/aromatic N) is 2. The van der Waals surface area contributed by atoms with Crippen LogP contribution in [-0.4, -0.2) is 67.7 Å². The Morgan fingerprint density at radius 3 is 0.938 bits per heavy atom. The summed E-state index contributed by atoms with van der Waals surface area (Å²) in [6, 6.07) is 41.8. The van der Waals surface area contributed by atoms with Gasteiger partial charge in [0.1, 0.15) is 0 Å². The van der Waals surface area contributed by atoms with E-state index in [0.717, 1.165) is 77.8 Å². The van der Waals surface area contributed by atoms with Crippen LogP contribution in [-0.2, 0) is 26.2 Å². The summed E-state index contributed by atoms with van der Waals surface area (Å²) in [5.74, 6) is 0.280. The number of hydrogen-bond acceptors (Lipinski definition) is 6. The van der Waals surface area contributed by atoms with Gasteiger partial charge in [0.05, 0.1) is 24.4 Å². The van der Waals surface area contributed by atoms with Gasteiger partial charge in [0.25, 0.3) is 0 Å². The van der Waals surface area contributed by atoms with Gasteiger partial charge in [0.2, 0.25) is 0 Å². The lowest BCUT2D eigenvalue weighted by Crippen LogP contribution is -2.43. The molecule has 6 rings (SSSR count). The molecule has 0 aliphatic heterocycles. The second-order valence-corrected chi connectivity index (χ2v) is 13.8. The van der Waals surface area contributed by atoms with Crippen LogP contribution in [0.25, 0.3) is 0 Å². The van der Waals surface area contributed by atoms with Gasteiger partial charge in [-0.1, -0.05) is 134 Å². The molecule has 0 saturated heterocycles. The van der Waals surface area contributed by atoms with Gasteiger partial charge in [-0.25, -0.2) is 0 Å². The minimum Gasteiger partial charge on any atom is -0.390 e. The molecule has 0 spiro atoms. The molecule has 0 aromatic heterocycles. The van der Waals surface area contributed by atoms with Crippen LogP contribution in [0.5, 0.6) is 0 Å². The third kappa shape index (κ3) is 11.4. The minimum atomic E-state index is -0.604. The van der Waals surface area contributed by atoms with Crippen molar-refractivity contribution < 1.29 is 20.4 Å². The smallest absolute Gasteiger partial charge is 0.0839 e. The molecule has 0 radical (unpaired) electrons. The SMILES string of the molecule is O[C@@H]1[C@@H](CN(Cc2ccccc2)Cc2ccccc2)CCC[C@@H]1O.O[C@H]1[C@H](CN(Cc2ccccc2)Cc2ccccc2)CCC[C@H]1O. The largest absolute Gasteiger partial charge is 0.390 e. The van der Waals surface area contributed by atoms with E-state index < -0.39 is 24.4 Å². The third-order valence-electron chi connectivity index (χ3n) is 9.89. The Balaban J connectivity index is 0.000000188. The molecule has 0 bridgehead atoms. The fourth-order valence-corrected chi connectivity index (χ4v) is 7.29. The molecule has 0 amide bonds. The van der Waals surface area contributed by atoms with Gasteiger partial charge in [-0.05, 0) is 47.9 Å². The van der Waals surface area contributed by atoms with E-state index >= 15 is 0 Å². The molecule has 4 aromatic rings. The first-order valence-corrected chi connectivity index (χ1v) is 17.8. The third-order valence-corrected chi connectivity index (χ3v) is 9.89. The van der Waals surface area contributed by atoms with Crippen LogP contribution >= 0.6 is 0 Å². The first-order chi connectivity index (χ1) is 23.4. The van der Waals surface area contributed by atoms with E-state index in [-0.39, 0.29) is 11.8 Å². The van der Waals surface area contributed by atoms with Crippen molar-refractivity contribution in [3.8, 4) is 0 Å². The highest BCUT2D eigenvalue weighted by Crippen LogP contribution is 2.28. The highest BCUT2D eigenvalue weighted by Gasteiger charge is 2.32. The monoisotopic (exact) mass is 650 g/mol. The van der Waals surface area contributed by atoms with Gasteiger partial charge in [0.15, 0.2) is 0 Å². The fraction of sp³-hybridized carbons (Fsp3) is 0.429. The molecule has 4 aromatic carbocycles. The molecule has 2 saturated carbocycles. The Morgan fingerprint density at radius 2 is 0.667 bits per heavy atom. The molecule has 2 fully saturated rings. The molecule has 48 heavy (non-hydrogen) atoms. The van der Waals surface area contributed by atoms with Crippen molar-refractivity contribution in [2.45, 2.75) is 89.1 Å². The Morgan fingerprint density at radius 1 is 0.396 bits per heavy atom. The summed E-state index contributed by atoms with van der Waals surface area (Å²) in [4.78, 5) is 4.77. The maximum absolute atomic E-state index is 10.3. The quantitative estimate of drug-likeness (QED) is 0.142. The molecular weight excluding hydrogens is 596 g/mol. The molecule has 2 aliphatic carbocycles. The van der Waals surface area contributed by atoms with Gasteiger partial charge in [-0.15, -0.1) is 0 Å². The molecule has 0 unspecified atom stereocenters. The zero-order valence-corrected chi connectivity index (χ0v) is 28.2. The number of aliphatic hydroxyl groups is 4. The summed E-state index contributed by atoms with van der Waals surface area (Å²) in [5, 5.41) is 40.6. The van der Waals surface area contributed by atoms with Crippen LogP contribution in [0.3, 0.4) is 0 Å². The van der Waals surface area contributed by atoms with Crippen molar-refractivity contribution in [2.75, 3.05) is 13.1 Å². The van der Waals surface area contributed by atoms with Crippen molar-refractivity contribution in [3.05, 3.63) is 144 Å². The Kier molecular flexibility index (Phi) is 14.2. The Hall–Kier alpha value is -3.36. The van der Waals surface area contributed by atoms with Crippen LogP contribution in [0, 0.1) is 11.8 Å². The van der Waals surface area contributed by atoms with Crippen molar-refractivity contribution in [2.24, 2.45) is 11.8 Å². The van der Waals surface area contributed by atoms with Crippen molar-refractivity contribution in [1.29, 1.82) is 0 Å². The molecular formula is C42H54N2O4. The summed E-state index contributed by atoms with van der Waals surface area (Å²) < 4.78 is 0. The fourth-order valence-electron chi connectivity index (χ4n) is 7.29. The first-order valence-electron chi connectivity index (χ1n) is 17.8. The topological polar surface area (TPSA) is 87.4 Å². The van der Waals surface area contributed by atoms with Gasteiger partial charge >= 0.3 is 0 Å². The van der Waals surface area contributed by atoms with Crippen LogP contribution in [0.4, 0.5) is 0 Å². The summed E-state index contributed by atoms with van der Waals surface area (Å²) >= 11 is 0. The molecule has 2 aliphatic rings.